The monoisotopic (exact) mass is 353 g/mol. The molecule has 0 spiro atoms. The molecule has 1 aromatic carbocycles. The summed E-state index contributed by atoms with van der Waals surface area (Å²) < 4.78 is 0. The lowest BCUT2D eigenvalue weighted by Gasteiger charge is -2.36. The minimum atomic E-state index is -1.16. The van der Waals surface area contributed by atoms with Gasteiger partial charge in [0.1, 0.15) is 5.69 Å². The van der Waals surface area contributed by atoms with Crippen molar-refractivity contribution >= 4 is 11.9 Å². The van der Waals surface area contributed by atoms with E-state index in [9.17, 15) is 9.59 Å². The number of hydrogen-bond acceptors (Lipinski definition) is 4. The fraction of sp³-hybridized carbons (Fsp3) is 0.400. The van der Waals surface area contributed by atoms with Crippen LogP contribution in [0, 0.1) is 0 Å². The van der Waals surface area contributed by atoms with E-state index in [1.54, 1.807) is 0 Å². The van der Waals surface area contributed by atoms with E-state index in [0.29, 0.717) is 12.5 Å². The van der Waals surface area contributed by atoms with Crippen LogP contribution in [0.3, 0.4) is 0 Å². The predicted octanol–water partition coefficient (Wildman–Crippen LogP) is 3.67. The van der Waals surface area contributed by atoms with Crippen LogP contribution in [-0.4, -0.2) is 38.4 Å². The third-order valence-corrected chi connectivity index (χ3v) is 4.84. The second kappa shape index (κ2) is 7.64. The highest BCUT2D eigenvalue weighted by molar-refractivity contribution is 5.93. The van der Waals surface area contributed by atoms with Crippen LogP contribution in [0.25, 0.3) is 0 Å². The number of rotatable bonds is 4. The minimum Gasteiger partial charge on any atom is -0.476 e. The van der Waals surface area contributed by atoms with Gasteiger partial charge in [0.25, 0.3) is 5.91 Å². The summed E-state index contributed by atoms with van der Waals surface area (Å²) in [5.74, 6) is -0.888. The maximum atomic E-state index is 12.9. The van der Waals surface area contributed by atoms with E-state index in [0.717, 1.165) is 31.0 Å². The van der Waals surface area contributed by atoms with Crippen molar-refractivity contribution < 1.29 is 14.7 Å². The number of carbonyl (C=O) groups is 2. The lowest BCUT2D eigenvalue weighted by Crippen LogP contribution is -2.39. The first kappa shape index (κ1) is 18.0. The molecule has 1 atom stereocenters. The van der Waals surface area contributed by atoms with Gasteiger partial charge < -0.3 is 10.0 Å². The Hall–Kier alpha value is -2.76. The van der Waals surface area contributed by atoms with Gasteiger partial charge in [-0.3, -0.25) is 4.79 Å². The number of amides is 1. The Balaban J connectivity index is 1.83. The van der Waals surface area contributed by atoms with Crippen LogP contribution in [0.2, 0.25) is 0 Å². The Morgan fingerprint density at radius 3 is 2.31 bits per heavy atom. The molecule has 1 saturated heterocycles. The molecule has 136 valence electrons. The maximum absolute atomic E-state index is 12.9. The molecule has 6 nitrogen and oxygen atoms in total. The average Bonchev–Trinajstić information content (AvgIpc) is 2.67. The molecule has 2 heterocycles. The summed E-state index contributed by atoms with van der Waals surface area (Å²) in [4.78, 5) is 33.5. The summed E-state index contributed by atoms with van der Waals surface area (Å²) in [5.41, 5.74) is 2.41. The molecule has 1 aliphatic rings. The molecule has 0 radical (unpaired) electrons. The topological polar surface area (TPSA) is 83.4 Å². The third-order valence-electron chi connectivity index (χ3n) is 4.84. The number of aromatic nitrogens is 2. The summed E-state index contributed by atoms with van der Waals surface area (Å²) in [6, 6.07) is 8.46. The van der Waals surface area contributed by atoms with Crippen molar-refractivity contribution in [1.29, 1.82) is 0 Å². The van der Waals surface area contributed by atoms with Gasteiger partial charge in [-0.05, 0) is 36.3 Å². The zero-order chi connectivity index (χ0) is 18.7. The van der Waals surface area contributed by atoms with Gasteiger partial charge in [-0.2, -0.15) is 0 Å². The van der Waals surface area contributed by atoms with Gasteiger partial charge in [-0.15, -0.1) is 0 Å². The number of piperidine rings is 1. The van der Waals surface area contributed by atoms with E-state index in [-0.39, 0.29) is 23.3 Å². The average molecular weight is 353 g/mol. The number of benzene rings is 1. The smallest absolute Gasteiger partial charge is 0.356 e. The first-order valence-corrected chi connectivity index (χ1v) is 8.93. The number of hydrogen-bond donors (Lipinski definition) is 1. The van der Waals surface area contributed by atoms with Crippen molar-refractivity contribution in [2.75, 3.05) is 6.54 Å². The van der Waals surface area contributed by atoms with Crippen LogP contribution in [0.4, 0.5) is 0 Å². The van der Waals surface area contributed by atoms with Gasteiger partial charge in [0, 0.05) is 6.54 Å². The Labute approximate surface area is 152 Å². The van der Waals surface area contributed by atoms with E-state index >= 15 is 0 Å². The van der Waals surface area contributed by atoms with E-state index in [1.165, 1.54) is 11.8 Å². The fourth-order valence-corrected chi connectivity index (χ4v) is 3.32. The molecule has 1 aliphatic heterocycles. The van der Waals surface area contributed by atoms with Crippen molar-refractivity contribution in [2.24, 2.45) is 0 Å². The van der Waals surface area contributed by atoms with Crippen LogP contribution in [0.5, 0.6) is 0 Å². The minimum absolute atomic E-state index is 0.0124. The molecule has 2 aromatic rings. The summed E-state index contributed by atoms with van der Waals surface area (Å²) in [6.07, 6.45) is 5.32. The van der Waals surface area contributed by atoms with E-state index < -0.39 is 5.97 Å². The zero-order valence-electron chi connectivity index (χ0n) is 15.1. The highest BCUT2D eigenvalue weighted by Crippen LogP contribution is 2.32. The van der Waals surface area contributed by atoms with E-state index in [2.05, 4.69) is 48.1 Å². The first-order chi connectivity index (χ1) is 12.5. The molecule has 3 rings (SSSR count). The molecule has 1 fully saturated rings. The Morgan fingerprint density at radius 2 is 1.73 bits per heavy atom. The number of carboxylic acid groups (broad SMARTS) is 1. The van der Waals surface area contributed by atoms with Crippen LogP contribution in [0.1, 0.15) is 77.2 Å². The van der Waals surface area contributed by atoms with Crippen LogP contribution < -0.4 is 0 Å². The molecule has 1 aromatic heterocycles. The summed E-state index contributed by atoms with van der Waals surface area (Å²) in [7, 11) is 0. The van der Waals surface area contributed by atoms with E-state index in [1.807, 2.05) is 4.90 Å². The number of nitrogens with zero attached hydrogens (tertiary/aromatic N) is 3. The van der Waals surface area contributed by atoms with Crippen molar-refractivity contribution in [1.82, 2.24) is 14.9 Å². The third kappa shape index (κ3) is 3.74. The van der Waals surface area contributed by atoms with E-state index in [4.69, 9.17) is 5.11 Å². The molecule has 0 aliphatic carbocycles. The van der Waals surface area contributed by atoms with Gasteiger partial charge in [0.15, 0.2) is 5.69 Å². The quantitative estimate of drug-likeness (QED) is 0.907. The van der Waals surface area contributed by atoms with Crippen molar-refractivity contribution in [3.05, 3.63) is 59.2 Å². The van der Waals surface area contributed by atoms with Crippen molar-refractivity contribution in [3.63, 3.8) is 0 Å². The van der Waals surface area contributed by atoms with Crippen molar-refractivity contribution in [3.8, 4) is 0 Å². The Bertz CT molecular complexity index is 785. The summed E-state index contributed by atoms with van der Waals surface area (Å²) in [6.45, 7) is 4.98. The first-order valence-electron chi connectivity index (χ1n) is 8.93. The Kier molecular flexibility index (Phi) is 5.30. The van der Waals surface area contributed by atoms with Crippen LogP contribution in [0.15, 0.2) is 36.7 Å². The highest BCUT2D eigenvalue weighted by Gasteiger charge is 2.29. The lowest BCUT2D eigenvalue weighted by atomic mass is 9.93. The molecule has 26 heavy (non-hydrogen) atoms. The van der Waals surface area contributed by atoms with Gasteiger partial charge in [-0.1, -0.05) is 38.1 Å². The maximum Gasteiger partial charge on any atom is 0.356 e. The number of carbonyl (C=O) groups excluding carboxylic acids is 1. The van der Waals surface area contributed by atoms with Gasteiger partial charge in [-0.25, -0.2) is 14.8 Å². The summed E-state index contributed by atoms with van der Waals surface area (Å²) >= 11 is 0. The van der Waals surface area contributed by atoms with Crippen molar-refractivity contribution in [2.45, 2.75) is 45.1 Å². The van der Waals surface area contributed by atoms with Crippen LogP contribution >= 0.6 is 0 Å². The largest absolute Gasteiger partial charge is 0.476 e. The van der Waals surface area contributed by atoms with Gasteiger partial charge >= 0.3 is 5.97 Å². The second-order valence-corrected chi connectivity index (χ2v) is 6.92. The van der Waals surface area contributed by atoms with Crippen LogP contribution in [-0.2, 0) is 0 Å². The second-order valence-electron chi connectivity index (χ2n) is 6.92. The molecule has 6 heteroatoms. The molecule has 0 bridgehead atoms. The molecule has 1 unspecified atom stereocenters. The highest BCUT2D eigenvalue weighted by atomic mass is 16.4. The molecule has 1 N–H and O–H groups in total. The standard InChI is InChI=1S/C20H23N3O3/c1-13(2)14-6-8-15(9-7-14)18-5-3-4-10-23(18)19(24)16-11-22-17(12-21-16)20(25)26/h6-9,11-13,18H,3-5,10H2,1-2H3,(H,25,26). The zero-order valence-corrected chi connectivity index (χ0v) is 15.1. The SMILES string of the molecule is CC(C)c1ccc(C2CCCCN2C(=O)c2cnc(C(=O)O)cn2)cc1. The number of aromatic carboxylic acids is 1. The molecular formula is C20H23N3O3. The molecular weight excluding hydrogens is 330 g/mol. The summed E-state index contributed by atoms with van der Waals surface area (Å²) in [5, 5.41) is 8.92. The fourth-order valence-electron chi connectivity index (χ4n) is 3.32. The molecule has 0 saturated carbocycles. The molecule has 1 amide bonds. The predicted molar refractivity (Wildman–Crippen MR) is 97.2 cm³/mol. The lowest BCUT2D eigenvalue weighted by molar-refractivity contribution is 0.0601. The normalized spacial score (nSPS) is 17.3. The van der Waals surface area contributed by atoms with Gasteiger partial charge in [0.2, 0.25) is 0 Å². The number of carboxylic acids is 1. The Morgan fingerprint density at radius 1 is 1.08 bits per heavy atom. The number of likely N-dealkylation sites (tertiary alicyclic amines) is 1. The van der Waals surface area contributed by atoms with Gasteiger partial charge in [0.05, 0.1) is 18.4 Å².